The number of urea groups is 1. The lowest BCUT2D eigenvalue weighted by molar-refractivity contribution is -0.124. The minimum absolute atomic E-state index is 0.00418. The first-order chi connectivity index (χ1) is 15.3. The minimum Gasteiger partial charge on any atom is -0.508 e. The number of fused-ring (bicyclic) bond motifs is 1. The summed E-state index contributed by atoms with van der Waals surface area (Å²) >= 11 is 0. The zero-order valence-electron chi connectivity index (χ0n) is 17.4. The molecule has 0 saturated carbocycles. The van der Waals surface area contributed by atoms with E-state index in [-0.39, 0.29) is 24.7 Å². The Labute approximate surface area is 183 Å². The molecule has 0 spiro atoms. The van der Waals surface area contributed by atoms with Crippen molar-refractivity contribution < 1.29 is 24.0 Å². The van der Waals surface area contributed by atoms with Gasteiger partial charge in [-0.1, -0.05) is 35.5 Å². The third-order valence-electron chi connectivity index (χ3n) is 6.04. The van der Waals surface area contributed by atoms with Crippen LogP contribution in [0.15, 0.2) is 47.0 Å². The van der Waals surface area contributed by atoms with Crippen LogP contribution in [0.5, 0.6) is 5.75 Å². The molecule has 1 atom stereocenters. The van der Waals surface area contributed by atoms with Crippen LogP contribution >= 0.6 is 0 Å². The highest BCUT2D eigenvalue weighted by molar-refractivity contribution is 6.08. The van der Waals surface area contributed by atoms with Gasteiger partial charge in [-0.05, 0) is 42.7 Å². The van der Waals surface area contributed by atoms with E-state index < -0.39 is 17.5 Å². The number of nitrogens with one attached hydrogen (secondary N) is 2. The Balaban J connectivity index is 1.51. The number of phenolic OH excluding ortho intramolecular Hbond substituents is 1. The summed E-state index contributed by atoms with van der Waals surface area (Å²) in [6.07, 6.45) is 0. The molecule has 2 aliphatic rings. The van der Waals surface area contributed by atoms with Crippen LogP contribution in [-0.4, -0.2) is 39.6 Å². The highest BCUT2D eigenvalue weighted by Gasteiger charge is 2.50. The summed E-state index contributed by atoms with van der Waals surface area (Å²) in [5.41, 5.74) is 2.73. The number of aromatic hydroxyl groups is 1. The van der Waals surface area contributed by atoms with E-state index in [1.807, 2.05) is 26.0 Å². The van der Waals surface area contributed by atoms with Gasteiger partial charge in [0.2, 0.25) is 0 Å². The molecule has 3 heterocycles. The van der Waals surface area contributed by atoms with Crippen molar-refractivity contribution in [3.05, 3.63) is 70.6 Å². The van der Waals surface area contributed by atoms with E-state index in [0.717, 1.165) is 22.4 Å². The second kappa shape index (κ2) is 6.94. The molecule has 0 aliphatic carbocycles. The minimum atomic E-state index is -1.44. The summed E-state index contributed by atoms with van der Waals surface area (Å²) in [7, 11) is 0. The van der Waals surface area contributed by atoms with Crippen molar-refractivity contribution >= 4 is 17.8 Å². The van der Waals surface area contributed by atoms with E-state index in [0.29, 0.717) is 16.9 Å². The van der Waals surface area contributed by atoms with Crippen LogP contribution in [-0.2, 0) is 16.9 Å². The zero-order chi connectivity index (χ0) is 22.6. The van der Waals surface area contributed by atoms with Gasteiger partial charge in [-0.15, -0.1) is 0 Å². The van der Waals surface area contributed by atoms with Gasteiger partial charge in [-0.25, -0.2) is 4.79 Å². The molecule has 2 aromatic carbocycles. The van der Waals surface area contributed by atoms with Gasteiger partial charge in [0.05, 0.1) is 12.2 Å². The molecular weight excluding hydrogens is 412 g/mol. The first kappa shape index (κ1) is 19.8. The van der Waals surface area contributed by atoms with E-state index in [4.69, 9.17) is 4.52 Å². The van der Waals surface area contributed by atoms with E-state index in [1.165, 1.54) is 17.0 Å². The Morgan fingerprint density at radius 2 is 1.88 bits per heavy atom. The van der Waals surface area contributed by atoms with Crippen molar-refractivity contribution in [3.8, 4) is 16.9 Å². The lowest BCUT2D eigenvalue weighted by atomic mass is 9.88. The Morgan fingerprint density at radius 3 is 2.50 bits per heavy atom. The molecule has 2 aliphatic heterocycles. The van der Waals surface area contributed by atoms with Crippen molar-refractivity contribution in [2.75, 3.05) is 6.54 Å². The number of phenols is 1. The van der Waals surface area contributed by atoms with Crippen LogP contribution < -0.4 is 10.6 Å². The molecule has 1 aromatic heterocycles. The molecule has 162 valence electrons. The number of benzene rings is 2. The van der Waals surface area contributed by atoms with Gasteiger partial charge in [-0.2, -0.15) is 0 Å². The van der Waals surface area contributed by atoms with Crippen molar-refractivity contribution in [3.63, 3.8) is 0 Å². The second-order valence-electron chi connectivity index (χ2n) is 8.09. The number of carbonyl (C=O) groups excluding carboxylic acids is 3. The highest BCUT2D eigenvalue weighted by atomic mass is 16.5. The van der Waals surface area contributed by atoms with Gasteiger partial charge in [-0.3, -0.25) is 14.9 Å². The number of imide groups is 1. The average molecular weight is 432 g/mol. The first-order valence-electron chi connectivity index (χ1n) is 10.1. The number of nitrogens with zero attached hydrogens (tertiary/aromatic N) is 2. The summed E-state index contributed by atoms with van der Waals surface area (Å²) in [6.45, 7) is 3.89. The van der Waals surface area contributed by atoms with E-state index in [1.54, 1.807) is 18.2 Å². The normalized spacial score (nSPS) is 19.8. The lowest BCUT2D eigenvalue weighted by Gasteiger charge is -2.31. The van der Waals surface area contributed by atoms with Crippen LogP contribution in [0, 0.1) is 13.8 Å². The van der Waals surface area contributed by atoms with Gasteiger partial charge in [0.15, 0.2) is 5.54 Å². The van der Waals surface area contributed by atoms with Gasteiger partial charge in [0.25, 0.3) is 11.8 Å². The average Bonchev–Trinajstić information content (AvgIpc) is 3.36. The standard InChI is InChI=1S/C23H20N4O5/c1-12-19(13(2)32-26-12)14-3-6-16(7-4-14)23(21(30)24-22(31)25-23)11-27-10-15-5-8-17(28)9-18(15)20(27)29/h3-9,28H,10-11H2,1-2H3,(H2,24,25,30,31)/t23-/m1/s1. The van der Waals surface area contributed by atoms with Gasteiger partial charge in [0.1, 0.15) is 11.5 Å². The maximum Gasteiger partial charge on any atom is 0.322 e. The number of hydrogen-bond donors (Lipinski definition) is 3. The fourth-order valence-corrected chi connectivity index (χ4v) is 4.48. The molecular formula is C23H20N4O5. The van der Waals surface area contributed by atoms with Crippen LogP contribution in [0.1, 0.15) is 32.9 Å². The zero-order valence-corrected chi connectivity index (χ0v) is 17.4. The molecule has 0 bridgehead atoms. The Bertz CT molecular complexity index is 1260. The quantitative estimate of drug-likeness (QED) is 0.544. The van der Waals surface area contributed by atoms with E-state index >= 15 is 0 Å². The van der Waals surface area contributed by atoms with Crippen molar-refractivity contribution in [2.45, 2.75) is 25.9 Å². The molecule has 3 aromatic rings. The lowest BCUT2D eigenvalue weighted by Crippen LogP contribution is -2.52. The second-order valence-corrected chi connectivity index (χ2v) is 8.09. The number of carbonyl (C=O) groups is 3. The third-order valence-corrected chi connectivity index (χ3v) is 6.04. The fourth-order valence-electron chi connectivity index (χ4n) is 4.48. The van der Waals surface area contributed by atoms with Crippen molar-refractivity contribution in [2.24, 2.45) is 0 Å². The summed E-state index contributed by atoms with van der Waals surface area (Å²) in [4.78, 5) is 39.5. The molecule has 5 rings (SSSR count). The highest BCUT2D eigenvalue weighted by Crippen LogP contribution is 2.34. The number of amides is 4. The summed E-state index contributed by atoms with van der Waals surface area (Å²) in [5.74, 6) is -0.160. The van der Waals surface area contributed by atoms with Crippen LogP contribution in [0.4, 0.5) is 4.79 Å². The molecule has 1 saturated heterocycles. The predicted molar refractivity (Wildman–Crippen MR) is 113 cm³/mol. The Morgan fingerprint density at radius 1 is 1.12 bits per heavy atom. The fraction of sp³-hybridized carbons (Fsp3) is 0.217. The maximum atomic E-state index is 13.0. The summed E-state index contributed by atoms with van der Waals surface area (Å²) in [6, 6.07) is 11.2. The van der Waals surface area contributed by atoms with Gasteiger partial charge >= 0.3 is 6.03 Å². The van der Waals surface area contributed by atoms with Crippen molar-refractivity contribution in [1.29, 1.82) is 0 Å². The summed E-state index contributed by atoms with van der Waals surface area (Å²) < 4.78 is 5.24. The number of hydrogen-bond acceptors (Lipinski definition) is 6. The Kier molecular flexibility index (Phi) is 4.30. The van der Waals surface area contributed by atoms with Gasteiger partial charge in [0, 0.05) is 17.7 Å². The molecule has 32 heavy (non-hydrogen) atoms. The van der Waals surface area contributed by atoms with Crippen LogP contribution in [0.2, 0.25) is 0 Å². The van der Waals surface area contributed by atoms with Crippen LogP contribution in [0.25, 0.3) is 11.1 Å². The molecule has 1 fully saturated rings. The van der Waals surface area contributed by atoms with Crippen molar-refractivity contribution in [1.82, 2.24) is 20.7 Å². The van der Waals surface area contributed by atoms with Gasteiger partial charge < -0.3 is 19.8 Å². The molecule has 9 nitrogen and oxygen atoms in total. The molecule has 3 N–H and O–H groups in total. The number of aryl methyl sites for hydroxylation is 2. The molecule has 4 amide bonds. The predicted octanol–water partition coefficient (Wildman–Crippen LogP) is 2.35. The number of aromatic nitrogens is 1. The Hall–Kier alpha value is -4.14. The third kappa shape index (κ3) is 2.93. The van der Waals surface area contributed by atoms with E-state index in [2.05, 4.69) is 15.8 Å². The monoisotopic (exact) mass is 432 g/mol. The maximum absolute atomic E-state index is 13.0. The number of rotatable bonds is 4. The summed E-state index contributed by atoms with van der Waals surface area (Å²) in [5, 5.41) is 18.7. The van der Waals surface area contributed by atoms with Crippen LogP contribution in [0.3, 0.4) is 0 Å². The molecule has 9 heteroatoms. The van der Waals surface area contributed by atoms with E-state index in [9.17, 15) is 19.5 Å². The molecule has 0 radical (unpaired) electrons. The topological polar surface area (TPSA) is 125 Å². The largest absolute Gasteiger partial charge is 0.508 e. The SMILES string of the molecule is Cc1noc(C)c1-c1ccc([C@@]2(CN3Cc4ccc(O)cc4C3=O)NC(=O)NC2=O)cc1. The molecule has 0 unspecified atom stereocenters. The smallest absolute Gasteiger partial charge is 0.322 e. The first-order valence-corrected chi connectivity index (χ1v) is 10.1.